The summed E-state index contributed by atoms with van der Waals surface area (Å²) < 4.78 is 0.673. The van der Waals surface area contributed by atoms with Gasteiger partial charge in [-0.1, -0.05) is 0 Å². The zero-order chi connectivity index (χ0) is 11.5. The number of nitrogens with one attached hydrogen (secondary N) is 1. The van der Waals surface area contributed by atoms with E-state index in [1.54, 1.807) is 11.3 Å². The van der Waals surface area contributed by atoms with Crippen LogP contribution in [-0.2, 0) is 6.54 Å². The third-order valence-electron chi connectivity index (χ3n) is 2.04. The van der Waals surface area contributed by atoms with Crippen molar-refractivity contribution in [3.63, 3.8) is 0 Å². The summed E-state index contributed by atoms with van der Waals surface area (Å²) in [5, 5.41) is 29.2. The number of anilines is 2. The van der Waals surface area contributed by atoms with Gasteiger partial charge in [-0.05, 0) is 22.4 Å². The molecule has 0 unspecified atom stereocenters. The van der Waals surface area contributed by atoms with E-state index in [1.165, 1.54) is 12.4 Å². The number of nitrogen functional groups attached to an aromatic ring is 1. The molecule has 0 atom stereocenters. The molecule has 0 saturated heterocycles. The van der Waals surface area contributed by atoms with Crippen LogP contribution in [0.25, 0.3) is 0 Å². The Morgan fingerprint density at radius 2 is 2.00 bits per heavy atom. The van der Waals surface area contributed by atoms with Gasteiger partial charge >= 0.3 is 5.95 Å². The van der Waals surface area contributed by atoms with Crippen LogP contribution < -0.4 is 20.5 Å². The third kappa shape index (κ3) is 2.14. The standard InChI is InChI=1S/C9H10N4O2S/c10-9-12(14)4-8(5-13(9)15)11-3-7-1-2-16-6-7/h1-2,4-6,11H,3,10H2. The normalized spacial score (nSPS) is 10.2. The minimum atomic E-state index is -0.388. The Morgan fingerprint density at radius 1 is 1.31 bits per heavy atom. The topological polar surface area (TPSA) is 91.9 Å². The van der Waals surface area contributed by atoms with Crippen molar-refractivity contribution in [2.75, 3.05) is 11.1 Å². The fourth-order valence-corrected chi connectivity index (χ4v) is 1.87. The van der Waals surface area contributed by atoms with Crippen molar-refractivity contribution < 1.29 is 9.46 Å². The molecule has 2 aromatic rings. The van der Waals surface area contributed by atoms with Crippen LogP contribution in [0.1, 0.15) is 5.56 Å². The molecule has 0 spiro atoms. The highest BCUT2D eigenvalue weighted by atomic mass is 32.1. The van der Waals surface area contributed by atoms with Crippen LogP contribution in [0.15, 0.2) is 29.2 Å². The summed E-state index contributed by atoms with van der Waals surface area (Å²) in [5.74, 6) is -0.388. The van der Waals surface area contributed by atoms with Crippen LogP contribution in [0.4, 0.5) is 11.6 Å². The van der Waals surface area contributed by atoms with E-state index in [0.717, 1.165) is 5.56 Å². The molecule has 0 radical (unpaired) electrons. The van der Waals surface area contributed by atoms with Gasteiger partial charge in [-0.25, -0.2) is 5.73 Å². The van der Waals surface area contributed by atoms with Gasteiger partial charge in [0, 0.05) is 6.54 Å². The Balaban J connectivity index is 2.10. The van der Waals surface area contributed by atoms with Crippen LogP contribution in [0.5, 0.6) is 0 Å². The number of aromatic nitrogens is 2. The SMILES string of the molecule is Nc1[n+]([O-])cc(NCc2ccsc2)c[n+]1[O-]. The zero-order valence-corrected chi connectivity index (χ0v) is 9.11. The van der Waals surface area contributed by atoms with E-state index in [0.29, 0.717) is 21.7 Å². The molecular formula is C9H10N4O2S. The van der Waals surface area contributed by atoms with Gasteiger partial charge in [0.2, 0.25) is 0 Å². The molecule has 0 amide bonds. The fraction of sp³-hybridized carbons (Fsp3) is 0.111. The molecule has 0 fully saturated rings. The number of thiophene rings is 1. The van der Waals surface area contributed by atoms with Gasteiger partial charge in [-0.3, -0.25) is 0 Å². The Kier molecular flexibility index (Phi) is 2.78. The lowest BCUT2D eigenvalue weighted by atomic mass is 10.3. The summed E-state index contributed by atoms with van der Waals surface area (Å²) in [4.78, 5) is 0. The summed E-state index contributed by atoms with van der Waals surface area (Å²) in [6.45, 7) is 0.563. The highest BCUT2D eigenvalue weighted by Gasteiger charge is 2.10. The molecule has 2 rings (SSSR count). The van der Waals surface area contributed by atoms with Crippen LogP contribution in [-0.4, -0.2) is 0 Å². The van der Waals surface area contributed by atoms with Crippen LogP contribution >= 0.6 is 11.3 Å². The van der Waals surface area contributed by atoms with Crippen LogP contribution in [0.2, 0.25) is 0 Å². The molecule has 0 aromatic carbocycles. The number of nitrogens with zero attached hydrogens (tertiary/aromatic N) is 2. The largest absolute Gasteiger partial charge is 0.675 e. The van der Waals surface area contributed by atoms with E-state index in [9.17, 15) is 10.4 Å². The van der Waals surface area contributed by atoms with Crippen molar-refractivity contribution in [1.82, 2.24) is 0 Å². The van der Waals surface area contributed by atoms with Crippen molar-refractivity contribution in [3.05, 3.63) is 45.2 Å². The highest BCUT2D eigenvalue weighted by molar-refractivity contribution is 7.07. The number of nitrogens with two attached hydrogens (primary N) is 1. The molecule has 0 bridgehead atoms. The van der Waals surface area contributed by atoms with Crippen LogP contribution in [0, 0.1) is 10.4 Å². The maximum absolute atomic E-state index is 11.2. The van der Waals surface area contributed by atoms with Gasteiger partial charge in [-0.2, -0.15) is 11.3 Å². The number of rotatable bonds is 3. The second kappa shape index (κ2) is 4.23. The van der Waals surface area contributed by atoms with E-state index >= 15 is 0 Å². The first-order valence-corrected chi connectivity index (χ1v) is 5.48. The number of hydrogen-bond acceptors (Lipinski definition) is 5. The summed E-state index contributed by atoms with van der Waals surface area (Å²) in [6.07, 6.45) is 2.46. The quantitative estimate of drug-likeness (QED) is 0.590. The summed E-state index contributed by atoms with van der Waals surface area (Å²) >= 11 is 1.59. The van der Waals surface area contributed by atoms with Gasteiger partial charge in [-0.15, -0.1) is 9.46 Å². The lowest BCUT2D eigenvalue weighted by Gasteiger charge is -2.08. The molecular weight excluding hydrogens is 228 g/mol. The predicted molar refractivity (Wildman–Crippen MR) is 60.4 cm³/mol. The molecule has 0 aliphatic rings. The first-order valence-electron chi connectivity index (χ1n) is 4.53. The van der Waals surface area contributed by atoms with Crippen molar-refractivity contribution in [3.8, 4) is 0 Å². The lowest BCUT2D eigenvalue weighted by molar-refractivity contribution is -0.717. The Morgan fingerprint density at radius 3 is 2.56 bits per heavy atom. The molecule has 7 heteroatoms. The van der Waals surface area contributed by atoms with Gasteiger partial charge in [0.05, 0.1) is 0 Å². The smallest absolute Gasteiger partial charge is 0.535 e. The van der Waals surface area contributed by atoms with E-state index < -0.39 is 0 Å². The van der Waals surface area contributed by atoms with Crippen molar-refractivity contribution >= 4 is 23.0 Å². The Bertz CT molecular complexity index is 463. The highest BCUT2D eigenvalue weighted by Crippen LogP contribution is 2.08. The average Bonchev–Trinajstić information content (AvgIpc) is 2.75. The van der Waals surface area contributed by atoms with Gasteiger partial charge in [0.15, 0.2) is 12.4 Å². The monoisotopic (exact) mass is 238 g/mol. The first-order chi connectivity index (χ1) is 7.66. The maximum Gasteiger partial charge on any atom is 0.535 e. The fourth-order valence-electron chi connectivity index (χ4n) is 1.20. The Labute approximate surface area is 95.7 Å². The van der Waals surface area contributed by atoms with Gasteiger partial charge in [0.25, 0.3) is 0 Å². The third-order valence-corrected chi connectivity index (χ3v) is 2.77. The van der Waals surface area contributed by atoms with Crippen LogP contribution in [0.3, 0.4) is 0 Å². The average molecular weight is 238 g/mol. The second-order valence-electron chi connectivity index (χ2n) is 3.21. The number of hydrogen-bond donors (Lipinski definition) is 2. The molecule has 0 aliphatic carbocycles. The van der Waals surface area contributed by atoms with E-state index in [2.05, 4.69) is 5.32 Å². The van der Waals surface area contributed by atoms with Gasteiger partial charge in [0.1, 0.15) is 5.69 Å². The minimum Gasteiger partial charge on any atom is -0.675 e. The summed E-state index contributed by atoms with van der Waals surface area (Å²) in [7, 11) is 0. The van der Waals surface area contributed by atoms with E-state index in [1.807, 2.05) is 16.8 Å². The second-order valence-corrected chi connectivity index (χ2v) is 3.99. The molecule has 0 saturated carbocycles. The van der Waals surface area contributed by atoms with Crippen molar-refractivity contribution in [2.45, 2.75) is 6.54 Å². The zero-order valence-electron chi connectivity index (χ0n) is 8.29. The molecule has 6 nitrogen and oxygen atoms in total. The molecule has 84 valence electrons. The maximum atomic E-state index is 11.2. The lowest BCUT2D eigenvalue weighted by Crippen LogP contribution is -2.45. The summed E-state index contributed by atoms with van der Waals surface area (Å²) in [5.41, 5.74) is 6.75. The van der Waals surface area contributed by atoms with E-state index in [4.69, 9.17) is 5.73 Å². The minimum absolute atomic E-state index is 0.336. The molecule has 2 heterocycles. The first kappa shape index (κ1) is 10.5. The predicted octanol–water partition coefficient (Wildman–Crippen LogP) is 0.209. The molecule has 2 aromatic heterocycles. The Hall–Kier alpha value is -2.02. The van der Waals surface area contributed by atoms with Crippen molar-refractivity contribution in [1.29, 1.82) is 0 Å². The molecule has 3 N–H and O–H groups in total. The molecule has 0 aliphatic heterocycles. The summed E-state index contributed by atoms with van der Waals surface area (Å²) in [6, 6.07) is 1.96. The van der Waals surface area contributed by atoms with Gasteiger partial charge < -0.3 is 15.7 Å². The van der Waals surface area contributed by atoms with E-state index in [-0.39, 0.29) is 5.95 Å². The van der Waals surface area contributed by atoms with Crippen molar-refractivity contribution in [2.24, 2.45) is 0 Å². The molecule has 16 heavy (non-hydrogen) atoms.